The molecule has 0 rings (SSSR count). The molecule has 0 saturated carbocycles. The van der Waals surface area contributed by atoms with Gasteiger partial charge in [0, 0.05) is 0 Å². The van der Waals surface area contributed by atoms with Crippen molar-refractivity contribution in [2.24, 2.45) is 0 Å². The molecule has 77 heavy (non-hydrogen) atoms. The van der Waals surface area contributed by atoms with E-state index in [4.69, 9.17) is 0 Å². The molecule has 0 bridgehead atoms. The van der Waals surface area contributed by atoms with E-state index in [1.165, 1.54) is 340 Å². The van der Waals surface area contributed by atoms with E-state index in [0.717, 1.165) is 38.5 Å². The first-order chi connectivity index (χ1) is 38.0. The molecule has 0 aliphatic heterocycles. The topological polar surface area (TPSA) is 110 Å². The number of carbonyl (C=O) groups excluding carboxylic acids is 1. The maximum absolute atomic E-state index is 12.7. The molecule has 0 aromatic rings. The van der Waals surface area contributed by atoms with Crippen molar-refractivity contribution in [3.63, 3.8) is 0 Å². The highest BCUT2D eigenvalue weighted by Crippen LogP contribution is 2.20. The fraction of sp³-hybridized carbons (Fsp3) is 0.958. The summed E-state index contributed by atoms with van der Waals surface area (Å²) in [6.45, 7) is 4.10. The zero-order chi connectivity index (χ0) is 55.8. The van der Waals surface area contributed by atoms with Gasteiger partial charge in [-0.25, -0.2) is 0 Å². The maximum Gasteiger partial charge on any atom is 0.249 e. The van der Waals surface area contributed by atoms with Crippen LogP contribution in [0, 0.1) is 0 Å². The Kier molecular flexibility index (Phi) is 65.0. The van der Waals surface area contributed by atoms with Gasteiger partial charge in [-0.3, -0.25) is 4.79 Å². The summed E-state index contributed by atoms with van der Waals surface area (Å²) in [5.74, 6) is -0.584. The summed E-state index contributed by atoms with van der Waals surface area (Å²) >= 11 is 0. The van der Waals surface area contributed by atoms with Crippen LogP contribution in [0.5, 0.6) is 0 Å². The van der Waals surface area contributed by atoms with Crippen LogP contribution in [0.4, 0.5) is 0 Å². The number of allylic oxidation sites excluding steroid dienone is 2. The Balaban J connectivity index is 3.50. The molecule has 4 unspecified atom stereocenters. The lowest BCUT2D eigenvalue weighted by Gasteiger charge is -2.27. The molecular weight excluding hydrogens is 947 g/mol. The highest BCUT2D eigenvalue weighted by molar-refractivity contribution is 5.80. The van der Waals surface area contributed by atoms with Gasteiger partial charge < -0.3 is 25.7 Å². The lowest BCUT2D eigenvalue weighted by molar-refractivity contribution is -0.132. The Morgan fingerprint density at radius 1 is 0.312 bits per heavy atom. The monoisotopic (exact) mass is 1090 g/mol. The quantitative estimate of drug-likeness (QED) is 0.0308. The zero-order valence-corrected chi connectivity index (χ0v) is 52.5. The van der Waals surface area contributed by atoms with Crippen molar-refractivity contribution >= 4 is 5.91 Å². The fourth-order valence-electron chi connectivity index (χ4n) is 11.7. The predicted octanol–water partition coefficient (Wildman–Crippen LogP) is 21.9. The van der Waals surface area contributed by atoms with Crippen LogP contribution in [0.15, 0.2) is 12.2 Å². The minimum absolute atomic E-state index is 0.369. The number of aliphatic hydroxyl groups excluding tert-OH is 4. The van der Waals surface area contributed by atoms with Crippen molar-refractivity contribution in [3.05, 3.63) is 12.2 Å². The smallest absolute Gasteiger partial charge is 0.249 e. The molecule has 0 aromatic carbocycles. The molecule has 0 aliphatic rings. The standard InChI is InChI=1S/C71H141NO5/c1-3-5-7-9-11-13-15-17-19-21-23-25-27-28-29-30-31-32-33-34-35-36-37-38-39-40-41-43-45-47-49-51-53-55-57-59-61-63-65-69(75)71(77)72-67(66-73)70(76)68(74)64-62-60-58-56-54-52-50-48-46-44-42-26-24-22-20-18-16-14-12-10-8-6-4-2/h56,58,67-70,73-76H,3-55,57,59-66H2,1-2H3,(H,72,77)/b58-56+. The van der Waals surface area contributed by atoms with Gasteiger partial charge in [0.05, 0.1) is 18.8 Å². The second-order valence-electron chi connectivity index (χ2n) is 24.9. The van der Waals surface area contributed by atoms with Gasteiger partial charge in [0.25, 0.3) is 0 Å². The van der Waals surface area contributed by atoms with Crippen LogP contribution in [-0.4, -0.2) is 57.3 Å². The maximum atomic E-state index is 12.7. The molecule has 0 aliphatic carbocycles. The highest BCUT2D eigenvalue weighted by Gasteiger charge is 2.28. The summed E-state index contributed by atoms with van der Waals surface area (Å²) in [7, 11) is 0. The van der Waals surface area contributed by atoms with Crippen molar-refractivity contribution < 1.29 is 25.2 Å². The number of amides is 1. The SMILES string of the molecule is CCCCCCCCCCCCCCCCCCCC/C=C/CCCC(O)C(O)C(CO)NC(=O)C(O)CCCCCCCCCCCCCCCCCCCCCCCCCCCCCCCCCCCCCCCC. The molecule has 460 valence electrons. The molecular formula is C71H141NO5. The van der Waals surface area contributed by atoms with Crippen LogP contribution in [0.3, 0.4) is 0 Å². The number of carbonyl (C=O) groups is 1. The third-order valence-electron chi connectivity index (χ3n) is 17.2. The van der Waals surface area contributed by atoms with Gasteiger partial charge in [-0.15, -0.1) is 0 Å². The minimum atomic E-state index is -1.28. The van der Waals surface area contributed by atoms with Crippen LogP contribution >= 0.6 is 0 Å². The third kappa shape index (κ3) is 59.5. The Morgan fingerprint density at radius 2 is 0.532 bits per heavy atom. The first-order valence-corrected chi connectivity index (χ1v) is 35.6. The molecule has 1 amide bonds. The summed E-state index contributed by atoms with van der Waals surface area (Å²) in [4.78, 5) is 12.7. The van der Waals surface area contributed by atoms with Crippen molar-refractivity contribution in [2.75, 3.05) is 6.61 Å². The Labute approximate surface area is 482 Å². The van der Waals surface area contributed by atoms with Gasteiger partial charge >= 0.3 is 0 Å². The van der Waals surface area contributed by atoms with Gasteiger partial charge in [-0.1, -0.05) is 379 Å². The van der Waals surface area contributed by atoms with Crippen molar-refractivity contribution in [1.29, 1.82) is 0 Å². The number of hydrogen-bond acceptors (Lipinski definition) is 5. The summed E-state index contributed by atoms with van der Waals surface area (Å²) in [5, 5.41) is 44.2. The van der Waals surface area contributed by atoms with Gasteiger partial charge in [0.15, 0.2) is 0 Å². The van der Waals surface area contributed by atoms with Crippen LogP contribution < -0.4 is 5.32 Å². The Bertz CT molecular complexity index is 1130. The molecule has 0 fully saturated rings. The normalized spacial score (nSPS) is 13.5. The first-order valence-electron chi connectivity index (χ1n) is 35.6. The number of nitrogens with one attached hydrogen (secondary N) is 1. The zero-order valence-electron chi connectivity index (χ0n) is 52.5. The molecule has 0 heterocycles. The third-order valence-corrected chi connectivity index (χ3v) is 17.2. The average Bonchev–Trinajstić information content (AvgIpc) is 3.43. The van der Waals surface area contributed by atoms with E-state index in [1.807, 2.05) is 0 Å². The van der Waals surface area contributed by atoms with Crippen molar-refractivity contribution in [1.82, 2.24) is 5.32 Å². The number of rotatable bonds is 67. The lowest BCUT2D eigenvalue weighted by Crippen LogP contribution is -2.53. The predicted molar refractivity (Wildman–Crippen MR) is 339 cm³/mol. The van der Waals surface area contributed by atoms with Crippen LogP contribution in [-0.2, 0) is 4.79 Å². The second kappa shape index (κ2) is 65.9. The first kappa shape index (κ1) is 76.0. The molecule has 0 aromatic heterocycles. The molecule has 5 N–H and O–H groups in total. The fourth-order valence-corrected chi connectivity index (χ4v) is 11.7. The van der Waals surface area contributed by atoms with E-state index >= 15 is 0 Å². The summed E-state index contributed by atoms with van der Waals surface area (Å²) in [6, 6.07) is -1.00. The van der Waals surface area contributed by atoms with Crippen LogP contribution in [0.2, 0.25) is 0 Å². The lowest BCUT2D eigenvalue weighted by atomic mass is 10.00. The largest absolute Gasteiger partial charge is 0.394 e. The molecule has 0 radical (unpaired) electrons. The minimum Gasteiger partial charge on any atom is -0.394 e. The van der Waals surface area contributed by atoms with Crippen LogP contribution in [0.1, 0.15) is 406 Å². The van der Waals surface area contributed by atoms with E-state index in [9.17, 15) is 25.2 Å². The van der Waals surface area contributed by atoms with E-state index in [2.05, 4.69) is 31.3 Å². The second-order valence-corrected chi connectivity index (χ2v) is 24.9. The Hall–Kier alpha value is -0.950. The average molecular weight is 1090 g/mol. The summed E-state index contributed by atoms with van der Waals surface area (Å²) in [5.41, 5.74) is 0. The summed E-state index contributed by atoms with van der Waals surface area (Å²) < 4.78 is 0. The van der Waals surface area contributed by atoms with E-state index < -0.39 is 36.9 Å². The molecule has 6 heteroatoms. The van der Waals surface area contributed by atoms with Gasteiger partial charge in [-0.05, 0) is 38.5 Å². The molecule has 6 nitrogen and oxygen atoms in total. The highest BCUT2D eigenvalue weighted by atomic mass is 16.3. The van der Waals surface area contributed by atoms with Crippen molar-refractivity contribution in [2.45, 2.75) is 430 Å². The van der Waals surface area contributed by atoms with Crippen LogP contribution in [0.25, 0.3) is 0 Å². The number of aliphatic hydroxyl groups is 4. The van der Waals surface area contributed by atoms with Gasteiger partial charge in [0.2, 0.25) is 5.91 Å². The molecule has 0 spiro atoms. The number of hydrogen-bond donors (Lipinski definition) is 5. The number of unbranched alkanes of at least 4 members (excludes halogenated alkanes) is 56. The Morgan fingerprint density at radius 3 is 0.779 bits per heavy atom. The van der Waals surface area contributed by atoms with Gasteiger partial charge in [0.1, 0.15) is 12.2 Å². The van der Waals surface area contributed by atoms with E-state index in [-0.39, 0.29) is 0 Å². The van der Waals surface area contributed by atoms with Crippen molar-refractivity contribution in [3.8, 4) is 0 Å². The molecule has 0 saturated heterocycles. The molecule has 4 atom stereocenters. The van der Waals surface area contributed by atoms with E-state index in [0.29, 0.717) is 12.8 Å². The summed E-state index contributed by atoms with van der Waals surface area (Å²) in [6.07, 6.45) is 82.2. The van der Waals surface area contributed by atoms with Gasteiger partial charge in [-0.2, -0.15) is 0 Å². The van der Waals surface area contributed by atoms with E-state index in [1.54, 1.807) is 0 Å².